The van der Waals surface area contributed by atoms with E-state index in [1.165, 1.54) is 0 Å². The van der Waals surface area contributed by atoms with Gasteiger partial charge in [0.15, 0.2) is 0 Å². The van der Waals surface area contributed by atoms with Gasteiger partial charge in [0.05, 0.1) is 37.3 Å². The van der Waals surface area contributed by atoms with Crippen molar-refractivity contribution in [3.8, 4) is 0 Å². The molecule has 12 nitrogen and oxygen atoms in total. The van der Waals surface area contributed by atoms with Crippen molar-refractivity contribution in [3.05, 3.63) is 59.4 Å². The van der Waals surface area contributed by atoms with Crippen LogP contribution in [0.25, 0.3) is 11.0 Å². The van der Waals surface area contributed by atoms with E-state index in [2.05, 4.69) is 16.0 Å². The molecule has 0 aliphatic carbocycles. The van der Waals surface area contributed by atoms with Gasteiger partial charge in [-0.1, -0.05) is 6.07 Å². The van der Waals surface area contributed by atoms with Crippen molar-refractivity contribution in [2.45, 2.75) is 45.7 Å². The summed E-state index contributed by atoms with van der Waals surface area (Å²) in [5.74, 6) is 0.258. The summed E-state index contributed by atoms with van der Waals surface area (Å²) in [7, 11) is 1.94. The van der Waals surface area contributed by atoms with E-state index in [4.69, 9.17) is 19.9 Å². The van der Waals surface area contributed by atoms with Gasteiger partial charge in [-0.15, -0.1) is 0 Å². The Morgan fingerprint density at radius 2 is 1.71 bits per heavy atom. The quantitative estimate of drug-likeness (QED) is 0.154. The second-order valence-corrected chi connectivity index (χ2v) is 10.2. The van der Waals surface area contributed by atoms with Crippen LogP contribution in [0.15, 0.2) is 42.5 Å². The summed E-state index contributed by atoms with van der Waals surface area (Å²) < 4.78 is 11.9. The van der Waals surface area contributed by atoms with Crippen LogP contribution >= 0.6 is 0 Å². The van der Waals surface area contributed by atoms with Crippen molar-refractivity contribution in [1.29, 1.82) is 5.41 Å². The number of amides is 2. The van der Waals surface area contributed by atoms with Gasteiger partial charge in [-0.05, 0) is 75.6 Å². The number of imidazole rings is 1. The number of fused-ring (bicyclic) bond motifs is 1. The van der Waals surface area contributed by atoms with Crippen molar-refractivity contribution in [2.75, 3.05) is 38.2 Å². The van der Waals surface area contributed by atoms with Crippen LogP contribution in [0.3, 0.4) is 0 Å². The number of ether oxygens (including phenoxy) is 2. The molecule has 1 aromatic heterocycles. The van der Waals surface area contributed by atoms with Gasteiger partial charge in [-0.25, -0.2) is 9.78 Å². The van der Waals surface area contributed by atoms with Gasteiger partial charge in [0.1, 0.15) is 17.2 Å². The third-order valence-electron chi connectivity index (χ3n) is 7.39. The summed E-state index contributed by atoms with van der Waals surface area (Å²) in [5.41, 5.74) is 2.61. The summed E-state index contributed by atoms with van der Waals surface area (Å²) in [6.07, 6.45) is 1.26. The average Bonchev–Trinajstić information content (AvgIpc) is 3.63. The fourth-order valence-corrected chi connectivity index (χ4v) is 4.99. The zero-order valence-corrected chi connectivity index (χ0v) is 24.6. The van der Waals surface area contributed by atoms with Crippen LogP contribution < -0.4 is 16.0 Å². The lowest BCUT2D eigenvalue weighted by atomic mass is 9.89. The molecule has 1 fully saturated rings. The van der Waals surface area contributed by atoms with Gasteiger partial charge in [0.2, 0.25) is 5.91 Å². The summed E-state index contributed by atoms with van der Waals surface area (Å²) >= 11 is 0. The third-order valence-corrected chi connectivity index (χ3v) is 7.39. The Labute approximate surface area is 245 Å². The highest BCUT2D eigenvalue weighted by atomic mass is 16.5. The highest BCUT2D eigenvalue weighted by Gasteiger charge is 2.39. The molecule has 1 aliphatic rings. The Kier molecular flexibility index (Phi) is 9.79. The fourth-order valence-electron chi connectivity index (χ4n) is 4.99. The Morgan fingerprint density at radius 1 is 1.02 bits per heavy atom. The molecule has 1 atom stereocenters. The van der Waals surface area contributed by atoms with Gasteiger partial charge in [-0.3, -0.25) is 25.6 Å². The summed E-state index contributed by atoms with van der Waals surface area (Å²) in [5, 5.41) is 17.0. The number of rotatable bonds is 11. The summed E-state index contributed by atoms with van der Waals surface area (Å²) in [6.45, 7) is 7.50. The molecule has 0 radical (unpaired) electrons. The van der Waals surface area contributed by atoms with Gasteiger partial charge in [0, 0.05) is 31.4 Å². The topological polar surface area (TPSA) is 151 Å². The van der Waals surface area contributed by atoms with Crippen molar-refractivity contribution in [1.82, 2.24) is 25.1 Å². The van der Waals surface area contributed by atoms with Crippen molar-refractivity contribution >= 4 is 40.5 Å². The number of benzene rings is 2. The molecule has 1 unspecified atom stereocenters. The molecule has 224 valence electrons. The number of amidine groups is 1. The number of carbonyl (C=O) groups is 3. The molecular weight excluding hydrogens is 538 g/mol. The number of anilines is 1. The van der Waals surface area contributed by atoms with Crippen molar-refractivity contribution < 1.29 is 23.9 Å². The Balaban J connectivity index is 1.50. The van der Waals surface area contributed by atoms with Crippen LogP contribution in [-0.4, -0.2) is 71.1 Å². The van der Waals surface area contributed by atoms with Crippen molar-refractivity contribution in [3.63, 3.8) is 0 Å². The van der Waals surface area contributed by atoms with Crippen molar-refractivity contribution in [2.24, 2.45) is 7.05 Å². The molecule has 0 bridgehead atoms. The molecule has 1 aliphatic heterocycles. The molecule has 42 heavy (non-hydrogen) atoms. The molecule has 2 amide bonds. The number of alkyl carbamates (subject to hydrolysis) is 1. The average molecular weight is 578 g/mol. The minimum absolute atomic E-state index is 0.0434. The predicted molar refractivity (Wildman–Crippen MR) is 159 cm³/mol. The standard InChI is InChI=1S/C30H39N7O5/c1-5-41-26(38)19-33-30(3,28(39)37-15-7-8-16-37)21-11-14-24-23(17-21)34-25(36(24)4)18-32-22-12-9-20(10-13-22)27(31)35-29(40)42-6-2/h9-14,17,32-33H,5-8,15-16,18-19H2,1-4H3,(H2,31,35,40). The maximum absolute atomic E-state index is 13.7. The second kappa shape index (κ2) is 13.5. The van der Waals surface area contributed by atoms with Crippen LogP contribution in [-0.2, 0) is 38.2 Å². The lowest BCUT2D eigenvalue weighted by Crippen LogP contribution is -2.54. The maximum atomic E-state index is 13.7. The lowest BCUT2D eigenvalue weighted by molar-refractivity contribution is -0.143. The monoisotopic (exact) mass is 577 g/mol. The smallest absolute Gasteiger partial charge is 0.412 e. The largest absolute Gasteiger partial charge is 0.465 e. The number of likely N-dealkylation sites (tertiary alicyclic amines) is 1. The number of esters is 1. The minimum Gasteiger partial charge on any atom is -0.465 e. The molecular formula is C30H39N7O5. The number of hydrogen-bond donors (Lipinski definition) is 4. The van der Waals surface area contributed by atoms with Crippen LogP contribution in [0.2, 0.25) is 0 Å². The number of aryl methyl sites for hydroxylation is 1. The van der Waals surface area contributed by atoms with E-state index < -0.39 is 17.6 Å². The van der Waals surface area contributed by atoms with Gasteiger partial charge in [0.25, 0.3) is 0 Å². The maximum Gasteiger partial charge on any atom is 0.412 e. The lowest BCUT2D eigenvalue weighted by Gasteiger charge is -2.33. The molecule has 2 aromatic carbocycles. The molecule has 1 saturated heterocycles. The molecule has 0 spiro atoms. The van der Waals surface area contributed by atoms with Gasteiger partial charge in [-0.2, -0.15) is 0 Å². The first kappa shape index (κ1) is 30.5. The van der Waals surface area contributed by atoms with Crippen LogP contribution in [0.4, 0.5) is 10.5 Å². The molecule has 4 rings (SSSR count). The molecule has 0 saturated carbocycles. The predicted octanol–water partition coefficient (Wildman–Crippen LogP) is 3.25. The fraction of sp³-hybridized carbons (Fsp3) is 0.433. The third kappa shape index (κ3) is 6.88. The molecule has 4 N–H and O–H groups in total. The normalized spacial score (nSPS) is 14.3. The van der Waals surface area contributed by atoms with E-state index in [1.54, 1.807) is 26.0 Å². The number of aromatic nitrogens is 2. The van der Waals surface area contributed by atoms with Crippen LogP contribution in [0.1, 0.15) is 50.6 Å². The number of hydrogen-bond acceptors (Lipinski definition) is 9. The number of carbonyl (C=O) groups excluding carboxylic acids is 3. The summed E-state index contributed by atoms with van der Waals surface area (Å²) in [4.78, 5) is 44.1. The highest BCUT2D eigenvalue weighted by Crippen LogP contribution is 2.29. The van der Waals surface area contributed by atoms with E-state index in [0.29, 0.717) is 25.2 Å². The number of nitrogens with zero attached hydrogens (tertiary/aromatic N) is 3. The first-order valence-corrected chi connectivity index (χ1v) is 14.2. The van der Waals surface area contributed by atoms with Crippen LogP contribution in [0, 0.1) is 5.41 Å². The first-order valence-electron chi connectivity index (χ1n) is 14.2. The SMILES string of the molecule is CCOC(=O)CNC(C)(C(=O)N1CCCC1)c1ccc2c(c1)nc(CNc1ccc(C(=N)NC(=O)OCC)cc1)n2C. The first-order chi connectivity index (χ1) is 20.2. The summed E-state index contributed by atoms with van der Waals surface area (Å²) in [6, 6.07) is 12.9. The molecule has 3 aromatic rings. The molecule has 2 heterocycles. The highest BCUT2D eigenvalue weighted by molar-refractivity contribution is 6.04. The van der Waals surface area contributed by atoms with Crippen LogP contribution in [0.5, 0.6) is 0 Å². The zero-order chi connectivity index (χ0) is 30.3. The molecule has 12 heteroatoms. The minimum atomic E-state index is -1.13. The van der Waals surface area contributed by atoms with E-state index in [0.717, 1.165) is 41.0 Å². The Morgan fingerprint density at radius 3 is 2.38 bits per heavy atom. The van der Waals surface area contributed by atoms with E-state index >= 15 is 0 Å². The van der Waals surface area contributed by atoms with E-state index in [1.807, 2.05) is 53.8 Å². The van der Waals surface area contributed by atoms with E-state index in [9.17, 15) is 14.4 Å². The Hall–Kier alpha value is -4.45. The van der Waals surface area contributed by atoms with E-state index in [-0.39, 0.29) is 31.5 Å². The Bertz CT molecular complexity index is 1450. The number of nitrogens with one attached hydrogen (secondary N) is 4. The van der Waals surface area contributed by atoms with Gasteiger partial charge >= 0.3 is 12.1 Å². The zero-order valence-electron chi connectivity index (χ0n) is 24.6. The second-order valence-electron chi connectivity index (χ2n) is 10.2. The van der Waals surface area contributed by atoms with Gasteiger partial charge < -0.3 is 24.3 Å².